The van der Waals surface area contributed by atoms with E-state index in [1.807, 2.05) is 6.07 Å². The van der Waals surface area contributed by atoms with Crippen LogP contribution in [-0.2, 0) is 9.84 Å². The molecule has 1 aromatic carbocycles. The molecule has 0 aromatic heterocycles. The first-order valence-corrected chi connectivity index (χ1v) is 9.56. The van der Waals surface area contributed by atoms with Crippen molar-refractivity contribution in [3.63, 3.8) is 0 Å². The summed E-state index contributed by atoms with van der Waals surface area (Å²) >= 11 is 0. The van der Waals surface area contributed by atoms with Gasteiger partial charge in [0, 0.05) is 6.26 Å². The van der Waals surface area contributed by atoms with E-state index in [1.54, 1.807) is 6.07 Å². The van der Waals surface area contributed by atoms with Crippen molar-refractivity contribution in [2.45, 2.75) is 42.9 Å². The molecule has 7 nitrogen and oxygen atoms in total. The number of benzene rings is 1. The second kappa shape index (κ2) is 7.01. The third-order valence-electron chi connectivity index (χ3n) is 4.18. The summed E-state index contributed by atoms with van der Waals surface area (Å²) in [6.07, 6.45) is 5.94. The topological polar surface area (TPSA) is 139 Å². The van der Waals surface area contributed by atoms with Gasteiger partial charge in [-0.15, -0.1) is 0 Å². The third-order valence-corrected chi connectivity index (χ3v) is 5.36. The number of rotatable bonds is 3. The molecule has 1 aliphatic carbocycles. The molecular formula is C16H20N4O3S. The van der Waals surface area contributed by atoms with Crippen molar-refractivity contribution in [1.29, 1.82) is 5.26 Å². The molecule has 0 heterocycles. The molecule has 128 valence electrons. The molecule has 1 amide bonds. The number of amides is 1. The van der Waals surface area contributed by atoms with Gasteiger partial charge in [-0.05, 0) is 30.4 Å². The number of hydrogen-bond donors (Lipinski definition) is 2. The highest BCUT2D eigenvalue weighted by atomic mass is 32.2. The summed E-state index contributed by atoms with van der Waals surface area (Å²) in [5, 5.41) is 9.49. The lowest BCUT2D eigenvalue weighted by atomic mass is 9.83. The molecule has 4 N–H and O–H groups in total. The Morgan fingerprint density at radius 2 is 1.88 bits per heavy atom. The van der Waals surface area contributed by atoms with Crippen LogP contribution in [0, 0.1) is 11.3 Å². The summed E-state index contributed by atoms with van der Waals surface area (Å²) in [6.45, 7) is 0. The number of aliphatic imine (C=N–C) groups is 1. The minimum absolute atomic E-state index is 0.0720. The van der Waals surface area contributed by atoms with Gasteiger partial charge in [-0.2, -0.15) is 10.3 Å². The molecule has 1 aromatic rings. The van der Waals surface area contributed by atoms with Crippen LogP contribution in [0.1, 0.15) is 59.5 Å². The lowest BCUT2D eigenvalue weighted by Gasteiger charge is -2.24. The van der Waals surface area contributed by atoms with Crippen LogP contribution in [0.4, 0.5) is 0 Å². The van der Waals surface area contributed by atoms with E-state index in [4.69, 9.17) is 11.5 Å². The molecule has 0 aliphatic heterocycles. The van der Waals surface area contributed by atoms with E-state index >= 15 is 0 Å². The van der Waals surface area contributed by atoms with Gasteiger partial charge in [0.1, 0.15) is 6.07 Å². The van der Waals surface area contributed by atoms with Gasteiger partial charge in [-0.25, -0.2) is 8.42 Å². The number of carbonyl (C=O) groups excluding carboxylic acids is 1. The van der Waals surface area contributed by atoms with E-state index in [9.17, 15) is 18.5 Å². The lowest BCUT2D eigenvalue weighted by molar-refractivity contribution is 0.100. The zero-order chi connectivity index (χ0) is 17.9. The summed E-state index contributed by atoms with van der Waals surface area (Å²) in [5.74, 6) is -1.20. The maximum absolute atomic E-state index is 12.3. The van der Waals surface area contributed by atoms with E-state index in [-0.39, 0.29) is 21.9 Å². The van der Waals surface area contributed by atoms with Gasteiger partial charge in [0.05, 0.1) is 16.0 Å². The zero-order valence-corrected chi connectivity index (χ0v) is 14.3. The molecule has 0 saturated heterocycles. The number of sulfone groups is 1. The summed E-state index contributed by atoms with van der Waals surface area (Å²) in [5.41, 5.74) is 10.7. The number of nitrogens with zero attached hydrogens (tertiary/aromatic N) is 2. The standard InChI is InChI=1S/C16H20N4O3S/c1-24(22,23)14-11(10-5-3-2-4-6-10)7-8-12(13(14)9-17)15(21)20-16(18)19/h7-8,10H,2-6H2,1H3,(H4,18,19,20,21). The fourth-order valence-electron chi connectivity index (χ4n) is 3.20. The monoisotopic (exact) mass is 348 g/mol. The van der Waals surface area contributed by atoms with E-state index in [0.717, 1.165) is 38.4 Å². The second-order valence-electron chi connectivity index (χ2n) is 5.97. The van der Waals surface area contributed by atoms with Gasteiger partial charge < -0.3 is 11.5 Å². The molecule has 0 radical (unpaired) electrons. The van der Waals surface area contributed by atoms with Gasteiger partial charge in [0.2, 0.25) is 0 Å². The van der Waals surface area contributed by atoms with Crippen LogP contribution < -0.4 is 11.5 Å². The van der Waals surface area contributed by atoms with E-state index in [1.165, 1.54) is 6.07 Å². The molecular weight excluding hydrogens is 328 g/mol. The van der Waals surface area contributed by atoms with Gasteiger partial charge in [-0.1, -0.05) is 25.3 Å². The van der Waals surface area contributed by atoms with Crippen molar-refractivity contribution in [1.82, 2.24) is 0 Å². The molecule has 0 atom stereocenters. The van der Waals surface area contributed by atoms with Gasteiger partial charge in [0.15, 0.2) is 15.8 Å². The molecule has 2 rings (SSSR count). The number of carbonyl (C=O) groups is 1. The smallest absolute Gasteiger partial charge is 0.281 e. The van der Waals surface area contributed by atoms with Crippen LogP contribution in [0.15, 0.2) is 22.0 Å². The Balaban J connectivity index is 2.70. The van der Waals surface area contributed by atoms with E-state index < -0.39 is 21.7 Å². The Kier molecular flexibility index (Phi) is 5.24. The SMILES string of the molecule is CS(=O)(=O)c1c(C2CCCCC2)ccc(C(=O)N=C(N)N)c1C#N. The Morgan fingerprint density at radius 1 is 1.25 bits per heavy atom. The molecule has 0 unspecified atom stereocenters. The molecule has 1 saturated carbocycles. The van der Waals surface area contributed by atoms with Crippen molar-refractivity contribution in [3.8, 4) is 6.07 Å². The van der Waals surface area contributed by atoms with Crippen LogP contribution in [0.2, 0.25) is 0 Å². The summed E-state index contributed by atoms with van der Waals surface area (Å²) in [4.78, 5) is 15.4. The third kappa shape index (κ3) is 3.74. The summed E-state index contributed by atoms with van der Waals surface area (Å²) in [6, 6.07) is 4.90. The maximum Gasteiger partial charge on any atom is 0.281 e. The summed E-state index contributed by atoms with van der Waals surface area (Å²) < 4.78 is 24.7. The predicted octanol–water partition coefficient (Wildman–Crippen LogP) is 1.42. The lowest BCUT2D eigenvalue weighted by Crippen LogP contribution is -2.24. The van der Waals surface area contributed by atoms with Crippen molar-refractivity contribution in [2.75, 3.05) is 6.26 Å². The van der Waals surface area contributed by atoms with Crippen LogP contribution in [0.25, 0.3) is 0 Å². The highest BCUT2D eigenvalue weighted by Gasteiger charge is 2.28. The van der Waals surface area contributed by atoms with Gasteiger partial charge >= 0.3 is 0 Å². The molecule has 0 spiro atoms. The first-order chi connectivity index (χ1) is 11.3. The number of guanidine groups is 1. The minimum Gasteiger partial charge on any atom is -0.370 e. The second-order valence-corrected chi connectivity index (χ2v) is 7.92. The van der Waals surface area contributed by atoms with Crippen molar-refractivity contribution >= 4 is 21.7 Å². The van der Waals surface area contributed by atoms with Gasteiger partial charge in [-0.3, -0.25) is 4.79 Å². The zero-order valence-electron chi connectivity index (χ0n) is 13.4. The maximum atomic E-state index is 12.3. The van der Waals surface area contributed by atoms with Crippen LogP contribution in [0.5, 0.6) is 0 Å². The number of nitriles is 1. The first-order valence-electron chi connectivity index (χ1n) is 7.66. The van der Waals surface area contributed by atoms with Crippen molar-refractivity contribution < 1.29 is 13.2 Å². The van der Waals surface area contributed by atoms with Crippen LogP contribution in [-0.4, -0.2) is 26.5 Å². The number of hydrogen-bond acceptors (Lipinski definition) is 4. The molecule has 1 aliphatic rings. The first kappa shape index (κ1) is 17.9. The average Bonchev–Trinajstić information content (AvgIpc) is 2.52. The highest BCUT2D eigenvalue weighted by Crippen LogP contribution is 2.38. The largest absolute Gasteiger partial charge is 0.370 e. The quantitative estimate of drug-likeness (QED) is 0.625. The average molecular weight is 348 g/mol. The van der Waals surface area contributed by atoms with Gasteiger partial charge in [0.25, 0.3) is 5.91 Å². The Morgan fingerprint density at radius 3 is 2.38 bits per heavy atom. The van der Waals surface area contributed by atoms with Crippen molar-refractivity contribution in [2.24, 2.45) is 16.5 Å². The minimum atomic E-state index is -3.70. The van der Waals surface area contributed by atoms with Crippen LogP contribution >= 0.6 is 0 Å². The predicted molar refractivity (Wildman–Crippen MR) is 90.2 cm³/mol. The molecule has 0 bridgehead atoms. The van der Waals surface area contributed by atoms with E-state index in [0.29, 0.717) is 5.56 Å². The fraction of sp³-hybridized carbons (Fsp3) is 0.438. The Labute approximate surface area is 141 Å². The molecule has 8 heteroatoms. The molecule has 24 heavy (non-hydrogen) atoms. The Hall–Kier alpha value is -2.40. The fourth-order valence-corrected chi connectivity index (χ4v) is 4.39. The molecule has 1 fully saturated rings. The Bertz CT molecular complexity index is 828. The summed E-state index contributed by atoms with van der Waals surface area (Å²) in [7, 11) is -3.70. The number of nitrogens with two attached hydrogens (primary N) is 2. The van der Waals surface area contributed by atoms with Crippen LogP contribution in [0.3, 0.4) is 0 Å². The van der Waals surface area contributed by atoms with E-state index in [2.05, 4.69) is 4.99 Å². The van der Waals surface area contributed by atoms with Crippen molar-refractivity contribution in [3.05, 3.63) is 28.8 Å². The normalized spacial score (nSPS) is 15.5. The highest BCUT2D eigenvalue weighted by molar-refractivity contribution is 7.90.